The number of halogens is 3. The third kappa shape index (κ3) is 4.28. The van der Waals surface area contributed by atoms with Crippen molar-refractivity contribution in [1.29, 1.82) is 0 Å². The highest BCUT2D eigenvalue weighted by Gasteiger charge is 2.09. The molecule has 90 valence electrons. The fourth-order valence-corrected chi connectivity index (χ4v) is 2.05. The van der Waals surface area contributed by atoms with Crippen LogP contribution in [0.25, 0.3) is 0 Å². The van der Waals surface area contributed by atoms with Gasteiger partial charge in [0.25, 0.3) is 0 Å². The number of alkyl halides is 1. The van der Waals surface area contributed by atoms with Crippen LogP contribution in [0.4, 0.5) is 4.39 Å². The Morgan fingerprint density at radius 2 is 2.06 bits per heavy atom. The summed E-state index contributed by atoms with van der Waals surface area (Å²) in [5.74, 6) is -0.272. The first-order valence-corrected chi connectivity index (χ1v) is 6.12. The van der Waals surface area contributed by atoms with E-state index < -0.39 is 0 Å². The lowest BCUT2D eigenvalue weighted by Crippen LogP contribution is -2.28. The average Bonchev–Trinajstić information content (AvgIpc) is 2.15. The molecular formula is C12H16Cl2FN. The summed E-state index contributed by atoms with van der Waals surface area (Å²) in [5, 5.41) is 3.77. The maximum Gasteiger partial charge on any atom is 0.129 e. The summed E-state index contributed by atoms with van der Waals surface area (Å²) in [6.45, 7) is 4.39. The Hall–Kier alpha value is -0.310. The van der Waals surface area contributed by atoms with E-state index >= 15 is 0 Å². The lowest BCUT2D eigenvalue weighted by molar-refractivity contribution is 0.499. The Morgan fingerprint density at radius 1 is 1.38 bits per heavy atom. The van der Waals surface area contributed by atoms with Crippen molar-refractivity contribution in [2.24, 2.45) is 0 Å². The molecule has 0 aromatic heterocycles. The van der Waals surface area contributed by atoms with Gasteiger partial charge in [-0.3, -0.25) is 0 Å². The standard InChI is InChI=1S/C12H16Cl2FN/c1-8(13)6-9(2)16-7-10-11(14)4-3-5-12(10)15/h3-5,8-9,16H,6-7H2,1-2H3. The van der Waals surface area contributed by atoms with Gasteiger partial charge in [0.15, 0.2) is 0 Å². The van der Waals surface area contributed by atoms with Crippen LogP contribution in [0.15, 0.2) is 18.2 Å². The fourth-order valence-electron chi connectivity index (χ4n) is 1.55. The summed E-state index contributed by atoms with van der Waals surface area (Å²) in [4.78, 5) is 0. The third-order valence-corrected chi connectivity index (χ3v) is 2.90. The Bertz CT molecular complexity index is 322. The van der Waals surface area contributed by atoms with E-state index in [2.05, 4.69) is 5.32 Å². The van der Waals surface area contributed by atoms with Crippen molar-refractivity contribution in [1.82, 2.24) is 5.32 Å². The smallest absolute Gasteiger partial charge is 0.129 e. The molecule has 0 heterocycles. The van der Waals surface area contributed by atoms with E-state index in [9.17, 15) is 4.39 Å². The van der Waals surface area contributed by atoms with Crippen molar-refractivity contribution in [2.75, 3.05) is 0 Å². The quantitative estimate of drug-likeness (QED) is 0.793. The second-order valence-electron chi connectivity index (χ2n) is 4.00. The molecule has 0 aliphatic heterocycles. The van der Waals surface area contributed by atoms with Crippen LogP contribution < -0.4 is 5.32 Å². The molecule has 2 atom stereocenters. The minimum Gasteiger partial charge on any atom is -0.310 e. The minimum absolute atomic E-state index is 0.110. The molecule has 0 bridgehead atoms. The molecule has 0 spiro atoms. The zero-order chi connectivity index (χ0) is 12.1. The molecule has 4 heteroatoms. The van der Waals surface area contributed by atoms with Gasteiger partial charge in [0.2, 0.25) is 0 Å². The summed E-state index contributed by atoms with van der Waals surface area (Å²) >= 11 is 11.8. The molecule has 2 unspecified atom stereocenters. The maximum atomic E-state index is 13.4. The van der Waals surface area contributed by atoms with Crippen molar-refractivity contribution in [2.45, 2.75) is 38.2 Å². The van der Waals surface area contributed by atoms with Crippen LogP contribution in [0.5, 0.6) is 0 Å². The summed E-state index contributed by atoms with van der Waals surface area (Å²) < 4.78 is 13.4. The molecule has 1 nitrogen and oxygen atoms in total. The van der Waals surface area contributed by atoms with Crippen LogP contribution in [0.3, 0.4) is 0 Å². The van der Waals surface area contributed by atoms with Gasteiger partial charge in [0, 0.05) is 28.5 Å². The lowest BCUT2D eigenvalue weighted by atomic mass is 10.1. The summed E-state index contributed by atoms with van der Waals surface area (Å²) in [6.07, 6.45) is 0.841. The predicted octanol–water partition coefficient (Wildman–Crippen LogP) is 3.97. The van der Waals surface area contributed by atoms with Gasteiger partial charge in [-0.2, -0.15) is 0 Å². The first-order valence-electron chi connectivity index (χ1n) is 5.31. The van der Waals surface area contributed by atoms with Crippen LogP contribution in [0.2, 0.25) is 5.02 Å². The molecule has 0 radical (unpaired) electrons. The Balaban J connectivity index is 2.54. The zero-order valence-corrected chi connectivity index (χ0v) is 10.9. The highest BCUT2D eigenvalue weighted by molar-refractivity contribution is 6.31. The topological polar surface area (TPSA) is 12.0 Å². The van der Waals surface area contributed by atoms with E-state index in [4.69, 9.17) is 23.2 Å². The highest BCUT2D eigenvalue weighted by Crippen LogP contribution is 2.19. The molecule has 16 heavy (non-hydrogen) atoms. The third-order valence-electron chi connectivity index (χ3n) is 2.37. The van der Waals surface area contributed by atoms with E-state index in [1.54, 1.807) is 12.1 Å². The SMILES string of the molecule is CC(Cl)CC(C)NCc1c(F)cccc1Cl. The molecule has 0 amide bonds. The van der Waals surface area contributed by atoms with Gasteiger partial charge in [-0.05, 0) is 32.4 Å². The molecule has 0 fully saturated rings. The molecule has 1 rings (SSSR count). The average molecular weight is 264 g/mol. The van der Waals surface area contributed by atoms with Gasteiger partial charge in [0.05, 0.1) is 0 Å². The summed E-state index contributed by atoms with van der Waals surface area (Å²) in [5.41, 5.74) is 0.512. The molecule has 1 N–H and O–H groups in total. The normalized spacial score (nSPS) is 14.8. The van der Waals surface area contributed by atoms with Crippen LogP contribution in [-0.4, -0.2) is 11.4 Å². The number of hydrogen-bond acceptors (Lipinski definition) is 1. The van der Waals surface area contributed by atoms with E-state index in [1.165, 1.54) is 6.07 Å². The summed E-state index contributed by atoms with van der Waals surface area (Å²) in [6, 6.07) is 4.95. The molecule has 0 saturated carbocycles. The van der Waals surface area contributed by atoms with E-state index in [1.807, 2.05) is 13.8 Å². The van der Waals surface area contributed by atoms with Crippen molar-refractivity contribution in [3.63, 3.8) is 0 Å². The largest absolute Gasteiger partial charge is 0.310 e. The number of hydrogen-bond donors (Lipinski definition) is 1. The van der Waals surface area contributed by atoms with Crippen molar-refractivity contribution < 1.29 is 4.39 Å². The van der Waals surface area contributed by atoms with Crippen LogP contribution >= 0.6 is 23.2 Å². The molecule has 1 aromatic rings. The van der Waals surface area contributed by atoms with Crippen LogP contribution in [0.1, 0.15) is 25.8 Å². The number of rotatable bonds is 5. The predicted molar refractivity (Wildman–Crippen MR) is 67.6 cm³/mol. The van der Waals surface area contributed by atoms with Gasteiger partial charge in [-0.15, -0.1) is 11.6 Å². The Labute approximate surface area is 106 Å². The van der Waals surface area contributed by atoms with Gasteiger partial charge >= 0.3 is 0 Å². The minimum atomic E-state index is -0.272. The zero-order valence-electron chi connectivity index (χ0n) is 9.43. The Morgan fingerprint density at radius 3 is 2.62 bits per heavy atom. The fraction of sp³-hybridized carbons (Fsp3) is 0.500. The van der Waals surface area contributed by atoms with Crippen molar-refractivity contribution in [3.05, 3.63) is 34.6 Å². The van der Waals surface area contributed by atoms with Gasteiger partial charge in [-0.1, -0.05) is 17.7 Å². The second-order valence-corrected chi connectivity index (χ2v) is 5.15. The van der Waals surface area contributed by atoms with Gasteiger partial charge in [-0.25, -0.2) is 4.39 Å². The number of benzene rings is 1. The maximum absolute atomic E-state index is 13.4. The van der Waals surface area contributed by atoms with Gasteiger partial charge in [0.1, 0.15) is 5.82 Å². The van der Waals surface area contributed by atoms with E-state index in [0.717, 1.165) is 6.42 Å². The van der Waals surface area contributed by atoms with Gasteiger partial charge < -0.3 is 5.32 Å². The van der Waals surface area contributed by atoms with E-state index in [0.29, 0.717) is 17.1 Å². The van der Waals surface area contributed by atoms with Crippen molar-refractivity contribution >= 4 is 23.2 Å². The first-order chi connectivity index (χ1) is 7.50. The first kappa shape index (κ1) is 13.8. The van der Waals surface area contributed by atoms with Crippen molar-refractivity contribution in [3.8, 4) is 0 Å². The van der Waals surface area contributed by atoms with E-state index in [-0.39, 0.29) is 17.2 Å². The molecule has 0 aliphatic carbocycles. The Kier molecular flexibility index (Phi) is 5.53. The summed E-state index contributed by atoms with van der Waals surface area (Å²) in [7, 11) is 0. The van der Waals surface area contributed by atoms with Crippen LogP contribution in [0, 0.1) is 5.82 Å². The monoisotopic (exact) mass is 263 g/mol. The highest BCUT2D eigenvalue weighted by atomic mass is 35.5. The van der Waals surface area contributed by atoms with Crippen LogP contribution in [-0.2, 0) is 6.54 Å². The molecule has 1 aromatic carbocycles. The second kappa shape index (κ2) is 6.43. The number of nitrogens with one attached hydrogen (secondary N) is 1. The lowest BCUT2D eigenvalue weighted by Gasteiger charge is -2.15. The molecule has 0 saturated heterocycles. The molecular weight excluding hydrogens is 248 g/mol. The molecule has 0 aliphatic rings.